The van der Waals surface area contributed by atoms with Gasteiger partial charge in [-0.25, -0.2) is 4.79 Å². The number of likely N-dealkylation sites (tertiary alicyclic amines) is 1. The highest BCUT2D eigenvalue weighted by Crippen LogP contribution is 2.52. The molecule has 2 bridgehead atoms. The Morgan fingerprint density at radius 1 is 1.32 bits per heavy atom. The number of fused-ring (bicyclic) bond motifs is 1. The third kappa shape index (κ3) is 2.20. The van der Waals surface area contributed by atoms with Gasteiger partial charge in [0, 0.05) is 24.9 Å². The molecule has 1 amide bonds. The molecule has 0 radical (unpaired) electrons. The van der Waals surface area contributed by atoms with Gasteiger partial charge in [-0.3, -0.25) is 4.79 Å². The second kappa shape index (κ2) is 5.57. The Labute approximate surface area is 130 Å². The topological polar surface area (TPSA) is 65.1 Å². The van der Waals surface area contributed by atoms with Crippen LogP contribution < -0.4 is 0 Å². The predicted octanol–water partition coefficient (Wildman–Crippen LogP) is 1.74. The summed E-state index contributed by atoms with van der Waals surface area (Å²) in [6.45, 7) is 6.74. The third-order valence-corrected chi connectivity index (χ3v) is 4.94. The van der Waals surface area contributed by atoms with Crippen molar-refractivity contribution in [2.45, 2.75) is 44.9 Å². The minimum Gasteiger partial charge on any atom is -0.466 e. The van der Waals surface area contributed by atoms with Gasteiger partial charge in [0.05, 0.1) is 30.8 Å². The number of amides is 1. The van der Waals surface area contributed by atoms with Crippen molar-refractivity contribution in [3.05, 3.63) is 12.2 Å². The van der Waals surface area contributed by atoms with Crippen LogP contribution in [0.25, 0.3) is 0 Å². The highest BCUT2D eigenvalue weighted by molar-refractivity contribution is 5.76. The normalized spacial score (nSPS) is 38.8. The number of rotatable bonds is 3. The molecule has 6 heteroatoms. The Morgan fingerprint density at radius 2 is 2.05 bits per heavy atom. The van der Waals surface area contributed by atoms with E-state index in [1.54, 1.807) is 18.7 Å². The molecule has 0 aliphatic carbocycles. The number of ether oxygens (including phenoxy) is 3. The monoisotopic (exact) mass is 309 g/mol. The fourth-order valence-corrected chi connectivity index (χ4v) is 4.02. The SMILES string of the molecule is CCOC(=O)[C@@H]1[C@@H]2C=C[C@@]3(C[C@@H](C)N(C(=O)OCC)C[C@@H]13)O2. The highest BCUT2D eigenvalue weighted by atomic mass is 16.6. The second-order valence-electron chi connectivity index (χ2n) is 6.19. The fraction of sp³-hybridized carbons (Fsp3) is 0.750. The van der Waals surface area contributed by atoms with Crippen LogP contribution in [0.2, 0.25) is 0 Å². The Bertz CT molecular complexity index is 505. The van der Waals surface area contributed by atoms with Gasteiger partial charge in [0.1, 0.15) is 0 Å². The molecule has 3 heterocycles. The van der Waals surface area contributed by atoms with Crippen LogP contribution >= 0.6 is 0 Å². The molecule has 122 valence electrons. The molecule has 2 saturated heterocycles. The minimum absolute atomic E-state index is 0.0136. The predicted molar refractivity (Wildman–Crippen MR) is 78.2 cm³/mol. The molecular weight excluding hydrogens is 286 g/mol. The molecule has 0 unspecified atom stereocenters. The van der Waals surface area contributed by atoms with E-state index in [1.807, 2.05) is 13.0 Å². The molecule has 0 saturated carbocycles. The van der Waals surface area contributed by atoms with E-state index in [1.165, 1.54) is 0 Å². The summed E-state index contributed by atoms with van der Waals surface area (Å²) in [7, 11) is 0. The van der Waals surface area contributed by atoms with E-state index in [0.29, 0.717) is 26.2 Å². The Morgan fingerprint density at radius 3 is 2.73 bits per heavy atom. The van der Waals surface area contributed by atoms with Gasteiger partial charge in [-0.05, 0) is 20.8 Å². The van der Waals surface area contributed by atoms with Crippen LogP contribution in [0, 0.1) is 11.8 Å². The molecular formula is C16H23NO5. The number of esters is 1. The Kier molecular flexibility index (Phi) is 3.89. The van der Waals surface area contributed by atoms with Gasteiger partial charge >= 0.3 is 12.1 Å². The van der Waals surface area contributed by atoms with Crippen molar-refractivity contribution >= 4 is 12.1 Å². The molecule has 6 nitrogen and oxygen atoms in total. The van der Waals surface area contributed by atoms with E-state index in [9.17, 15) is 9.59 Å². The van der Waals surface area contributed by atoms with Gasteiger partial charge in [-0.1, -0.05) is 12.2 Å². The molecule has 22 heavy (non-hydrogen) atoms. The maximum absolute atomic E-state index is 12.3. The molecule has 0 aromatic rings. The van der Waals surface area contributed by atoms with Crippen molar-refractivity contribution in [2.75, 3.05) is 19.8 Å². The molecule has 3 rings (SSSR count). The average molecular weight is 309 g/mol. The summed E-state index contributed by atoms with van der Waals surface area (Å²) in [6.07, 6.45) is 4.15. The Hall–Kier alpha value is -1.56. The summed E-state index contributed by atoms with van der Waals surface area (Å²) in [6, 6.07) is 0.0136. The lowest BCUT2D eigenvalue weighted by Crippen LogP contribution is -2.57. The van der Waals surface area contributed by atoms with Gasteiger partial charge in [0.25, 0.3) is 0 Å². The van der Waals surface area contributed by atoms with Gasteiger partial charge < -0.3 is 19.1 Å². The minimum atomic E-state index is -0.440. The van der Waals surface area contributed by atoms with E-state index in [-0.39, 0.29) is 36.0 Å². The van der Waals surface area contributed by atoms with Crippen LogP contribution in [0.5, 0.6) is 0 Å². The van der Waals surface area contributed by atoms with Crippen LogP contribution in [-0.2, 0) is 19.0 Å². The second-order valence-corrected chi connectivity index (χ2v) is 6.19. The molecule has 3 aliphatic heterocycles. The maximum atomic E-state index is 12.3. The number of hydrogen-bond acceptors (Lipinski definition) is 5. The molecule has 0 aromatic heterocycles. The summed E-state index contributed by atoms with van der Waals surface area (Å²) in [5, 5.41) is 0. The van der Waals surface area contributed by atoms with Crippen LogP contribution in [0.1, 0.15) is 27.2 Å². The first-order chi connectivity index (χ1) is 10.5. The van der Waals surface area contributed by atoms with Crippen molar-refractivity contribution in [3.63, 3.8) is 0 Å². The molecule has 3 aliphatic rings. The summed E-state index contributed by atoms with van der Waals surface area (Å²) in [5.41, 5.74) is -0.440. The molecule has 0 aromatic carbocycles. The van der Waals surface area contributed by atoms with Crippen molar-refractivity contribution in [3.8, 4) is 0 Å². The number of hydrogen-bond donors (Lipinski definition) is 0. The zero-order chi connectivity index (χ0) is 15.9. The van der Waals surface area contributed by atoms with Crippen molar-refractivity contribution in [1.82, 2.24) is 4.90 Å². The molecule has 1 spiro atoms. The van der Waals surface area contributed by atoms with Gasteiger partial charge in [-0.2, -0.15) is 0 Å². The number of nitrogens with zero attached hydrogens (tertiary/aromatic N) is 1. The molecule has 0 N–H and O–H groups in total. The van der Waals surface area contributed by atoms with Crippen LogP contribution in [-0.4, -0.2) is 54.5 Å². The average Bonchev–Trinajstić information content (AvgIpc) is 3.00. The third-order valence-electron chi connectivity index (χ3n) is 4.94. The van der Waals surface area contributed by atoms with Gasteiger partial charge in [0.15, 0.2) is 0 Å². The first-order valence-corrected chi connectivity index (χ1v) is 7.99. The summed E-state index contributed by atoms with van der Waals surface area (Å²) >= 11 is 0. The number of carbonyl (C=O) groups is 2. The highest BCUT2D eigenvalue weighted by Gasteiger charge is 2.62. The van der Waals surface area contributed by atoms with Crippen molar-refractivity contribution in [1.29, 1.82) is 0 Å². The zero-order valence-corrected chi connectivity index (χ0v) is 13.3. The molecule has 2 fully saturated rings. The van der Waals surface area contributed by atoms with Gasteiger partial charge in [-0.15, -0.1) is 0 Å². The quantitative estimate of drug-likeness (QED) is 0.587. The lowest BCUT2D eigenvalue weighted by atomic mass is 9.70. The van der Waals surface area contributed by atoms with E-state index in [2.05, 4.69) is 6.08 Å². The van der Waals surface area contributed by atoms with Crippen LogP contribution in [0.15, 0.2) is 12.2 Å². The first-order valence-electron chi connectivity index (χ1n) is 7.99. The molecule has 5 atom stereocenters. The standard InChI is InChI=1S/C16H23NO5/c1-4-20-14(18)13-11-9-17(15(19)21-5-2)10(3)8-16(11)7-6-12(13)22-16/h6-7,10-13H,4-5,8-9H2,1-3H3/t10-,11+,12+,13+,16+/m1/s1. The smallest absolute Gasteiger partial charge is 0.409 e. The van der Waals surface area contributed by atoms with E-state index in [4.69, 9.17) is 14.2 Å². The first kappa shape index (κ1) is 15.3. The van der Waals surface area contributed by atoms with E-state index >= 15 is 0 Å². The van der Waals surface area contributed by atoms with Crippen molar-refractivity contribution in [2.24, 2.45) is 11.8 Å². The maximum Gasteiger partial charge on any atom is 0.409 e. The van der Waals surface area contributed by atoms with Crippen LogP contribution in [0.4, 0.5) is 4.79 Å². The summed E-state index contributed by atoms with van der Waals surface area (Å²) in [4.78, 5) is 26.1. The largest absolute Gasteiger partial charge is 0.466 e. The lowest BCUT2D eigenvalue weighted by molar-refractivity contribution is -0.150. The fourth-order valence-electron chi connectivity index (χ4n) is 4.02. The zero-order valence-electron chi connectivity index (χ0n) is 13.3. The van der Waals surface area contributed by atoms with E-state index < -0.39 is 5.60 Å². The Balaban J connectivity index is 1.83. The lowest BCUT2D eigenvalue weighted by Gasteiger charge is -2.45. The summed E-state index contributed by atoms with van der Waals surface area (Å²) in [5.74, 6) is -0.640. The van der Waals surface area contributed by atoms with Crippen molar-refractivity contribution < 1.29 is 23.8 Å². The summed E-state index contributed by atoms with van der Waals surface area (Å²) < 4.78 is 16.5. The van der Waals surface area contributed by atoms with Gasteiger partial charge in [0.2, 0.25) is 0 Å². The van der Waals surface area contributed by atoms with Crippen LogP contribution in [0.3, 0.4) is 0 Å². The number of carbonyl (C=O) groups excluding carboxylic acids is 2. The van der Waals surface area contributed by atoms with E-state index in [0.717, 1.165) is 0 Å². The number of piperidine rings is 1.